The summed E-state index contributed by atoms with van der Waals surface area (Å²) in [6.07, 6.45) is 4.46. The molecule has 0 saturated carbocycles. The van der Waals surface area contributed by atoms with E-state index < -0.39 is 0 Å². The highest BCUT2D eigenvalue weighted by atomic mass is 32.2. The van der Waals surface area contributed by atoms with Crippen molar-refractivity contribution in [1.82, 2.24) is 9.47 Å². The zero-order chi connectivity index (χ0) is 24.2. The Bertz CT molecular complexity index is 1500. The number of likely N-dealkylation sites (N-methyl/N-ethyl adjacent to an activating group) is 1. The van der Waals surface area contributed by atoms with E-state index in [9.17, 15) is 4.79 Å². The van der Waals surface area contributed by atoms with Crippen LogP contribution in [0.1, 0.15) is 33.3 Å². The second kappa shape index (κ2) is 8.43. The molecule has 0 atom stereocenters. The summed E-state index contributed by atoms with van der Waals surface area (Å²) in [6, 6.07) is 17.0. The number of aromatic nitrogens is 1. The lowest BCUT2D eigenvalue weighted by molar-refractivity contribution is -0.120. The molecule has 2 aliphatic rings. The maximum absolute atomic E-state index is 13.2. The van der Waals surface area contributed by atoms with E-state index in [1.165, 1.54) is 28.7 Å². The van der Waals surface area contributed by atoms with Crippen LogP contribution in [-0.4, -0.2) is 33.3 Å². The molecule has 3 aromatic rings. The standard InChI is InChI=1S/C28H29N3OS2/c1-6-30-21(16-17-23-28(3,4)20-14-10-11-15-22(20)29(23)5)18-12-8-9-13-19(18)24(30)25-26(32)31(7-2)27(33)34-25/h8-17H,6-7H2,1-5H3. The Morgan fingerprint density at radius 3 is 2.29 bits per heavy atom. The van der Waals surface area contributed by atoms with Crippen molar-refractivity contribution >= 4 is 61.6 Å². The molecule has 4 nitrogen and oxygen atoms in total. The van der Waals surface area contributed by atoms with Crippen molar-refractivity contribution in [3.63, 3.8) is 0 Å². The normalized spacial score (nSPS) is 20.9. The van der Waals surface area contributed by atoms with Crippen LogP contribution in [0, 0.1) is 0 Å². The number of para-hydroxylation sites is 1. The molecule has 174 valence electrons. The third kappa shape index (κ3) is 3.27. The second-order valence-electron chi connectivity index (χ2n) is 9.19. The highest BCUT2D eigenvalue weighted by Gasteiger charge is 2.38. The van der Waals surface area contributed by atoms with Crippen LogP contribution in [0.2, 0.25) is 0 Å². The summed E-state index contributed by atoms with van der Waals surface area (Å²) in [7, 11) is 2.14. The average molecular weight is 488 g/mol. The molecular weight excluding hydrogens is 458 g/mol. The van der Waals surface area contributed by atoms with E-state index in [2.05, 4.69) is 91.9 Å². The van der Waals surface area contributed by atoms with Gasteiger partial charge in [-0.05, 0) is 37.6 Å². The second-order valence-corrected chi connectivity index (χ2v) is 10.8. The van der Waals surface area contributed by atoms with E-state index in [1.54, 1.807) is 4.90 Å². The minimum atomic E-state index is -0.0933. The Labute approximate surface area is 210 Å². The molecule has 2 aromatic carbocycles. The molecule has 5 rings (SSSR count). The number of thioether (sulfide) groups is 1. The first-order valence-corrected chi connectivity index (χ1v) is 12.9. The third-order valence-electron chi connectivity index (χ3n) is 7.06. The average Bonchev–Trinajstić information content (AvgIpc) is 3.37. The topological polar surface area (TPSA) is 28.5 Å². The van der Waals surface area contributed by atoms with Gasteiger partial charge >= 0.3 is 0 Å². The Morgan fingerprint density at radius 1 is 0.971 bits per heavy atom. The van der Waals surface area contributed by atoms with E-state index in [0.29, 0.717) is 10.9 Å². The van der Waals surface area contributed by atoms with Crippen molar-refractivity contribution in [1.29, 1.82) is 0 Å². The van der Waals surface area contributed by atoms with Crippen LogP contribution in [0.5, 0.6) is 0 Å². The zero-order valence-corrected chi connectivity index (χ0v) is 21.9. The van der Waals surface area contributed by atoms with Gasteiger partial charge in [-0.15, -0.1) is 0 Å². The van der Waals surface area contributed by atoms with Crippen molar-refractivity contribution in [3.05, 3.63) is 76.6 Å². The summed E-state index contributed by atoms with van der Waals surface area (Å²) in [5.74, 6) is 0.00691. The van der Waals surface area contributed by atoms with Crippen LogP contribution >= 0.6 is 24.0 Å². The van der Waals surface area contributed by atoms with Crippen molar-refractivity contribution in [2.45, 2.75) is 39.7 Å². The molecule has 1 aromatic heterocycles. The molecule has 0 N–H and O–H groups in total. The predicted octanol–water partition coefficient (Wildman–Crippen LogP) is 4.74. The Morgan fingerprint density at radius 2 is 1.65 bits per heavy atom. The van der Waals surface area contributed by atoms with Crippen LogP contribution in [0.4, 0.5) is 5.69 Å². The number of carbonyl (C=O) groups is 1. The lowest BCUT2D eigenvalue weighted by Gasteiger charge is -2.23. The lowest BCUT2D eigenvalue weighted by atomic mass is 9.84. The van der Waals surface area contributed by atoms with Gasteiger partial charge in [0.1, 0.15) is 9.23 Å². The smallest absolute Gasteiger partial charge is 0.268 e. The number of nitrogens with zero attached hydrogens (tertiary/aromatic N) is 3. The SMILES string of the molecule is CCN1C(=O)C(=c2c3ccccc3c(=CC=C3N(C)c4ccccc4C3(C)C)n2CC)SC1=S. The quantitative estimate of drug-likeness (QED) is 0.499. The fourth-order valence-electron chi connectivity index (χ4n) is 5.35. The summed E-state index contributed by atoms with van der Waals surface area (Å²) in [4.78, 5) is 17.9. The van der Waals surface area contributed by atoms with Gasteiger partial charge in [-0.2, -0.15) is 0 Å². The van der Waals surface area contributed by atoms with Crippen LogP contribution in [0.15, 0.2) is 60.3 Å². The molecule has 6 heteroatoms. The first-order valence-electron chi connectivity index (χ1n) is 11.7. The first-order chi connectivity index (χ1) is 16.3. The molecular formula is C28H29N3OS2. The molecule has 0 radical (unpaired) electrons. The van der Waals surface area contributed by atoms with Gasteiger partial charge in [0.2, 0.25) is 0 Å². The summed E-state index contributed by atoms with van der Waals surface area (Å²) >= 11 is 6.93. The summed E-state index contributed by atoms with van der Waals surface area (Å²) in [5, 5.41) is 4.32. The maximum Gasteiger partial charge on any atom is 0.268 e. The molecule has 3 heterocycles. The summed E-state index contributed by atoms with van der Waals surface area (Å²) in [5.41, 5.74) is 3.75. The van der Waals surface area contributed by atoms with E-state index >= 15 is 0 Å². The fraction of sp³-hybridized carbons (Fsp3) is 0.286. The number of amides is 1. The van der Waals surface area contributed by atoms with Crippen molar-refractivity contribution < 1.29 is 4.79 Å². The Hall–Kier alpha value is -2.83. The number of anilines is 1. The van der Waals surface area contributed by atoms with Gasteiger partial charge in [0.15, 0.2) is 0 Å². The molecule has 0 bridgehead atoms. The number of hydrogen-bond acceptors (Lipinski definition) is 4. The Kier molecular flexibility index (Phi) is 5.69. The van der Waals surface area contributed by atoms with E-state index in [0.717, 1.165) is 32.9 Å². The molecule has 1 fully saturated rings. The lowest BCUT2D eigenvalue weighted by Crippen LogP contribution is -2.32. The monoisotopic (exact) mass is 487 g/mol. The van der Waals surface area contributed by atoms with Crippen LogP contribution in [0.3, 0.4) is 0 Å². The van der Waals surface area contributed by atoms with Gasteiger partial charge in [-0.1, -0.05) is 80.3 Å². The molecule has 0 unspecified atom stereocenters. The van der Waals surface area contributed by atoms with Crippen molar-refractivity contribution in [2.24, 2.45) is 0 Å². The minimum Gasteiger partial charge on any atom is -0.347 e. The molecule has 34 heavy (non-hydrogen) atoms. The third-order valence-corrected chi connectivity index (χ3v) is 8.49. The highest BCUT2D eigenvalue weighted by molar-refractivity contribution is 8.30. The van der Waals surface area contributed by atoms with Gasteiger partial charge in [0, 0.05) is 53.1 Å². The van der Waals surface area contributed by atoms with E-state index in [-0.39, 0.29) is 11.3 Å². The number of benzene rings is 2. The number of rotatable bonds is 3. The highest BCUT2D eigenvalue weighted by Crippen LogP contribution is 2.46. The number of thiocarbonyl (C=S) groups is 1. The van der Waals surface area contributed by atoms with Crippen molar-refractivity contribution in [2.75, 3.05) is 18.5 Å². The molecule has 0 spiro atoms. The predicted molar refractivity (Wildman–Crippen MR) is 148 cm³/mol. The van der Waals surface area contributed by atoms with Crippen LogP contribution in [0.25, 0.3) is 21.8 Å². The number of allylic oxidation sites excluding steroid dienone is 2. The van der Waals surface area contributed by atoms with E-state index in [4.69, 9.17) is 12.2 Å². The van der Waals surface area contributed by atoms with E-state index in [1.807, 2.05) is 13.0 Å². The first kappa shape index (κ1) is 22.9. The number of hydrogen-bond donors (Lipinski definition) is 0. The summed E-state index contributed by atoms with van der Waals surface area (Å²) < 4.78 is 2.90. The maximum atomic E-state index is 13.2. The largest absolute Gasteiger partial charge is 0.347 e. The molecule has 1 amide bonds. The fourth-order valence-corrected chi connectivity index (χ4v) is 6.82. The van der Waals surface area contributed by atoms with Crippen LogP contribution < -0.4 is 15.6 Å². The van der Waals surface area contributed by atoms with Gasteiger partial charge in [-0.25, -0.2) is 0 Å². The van der Waals surface area contributed by atoms with Crippen molar-refractivity contribution in [3.8, 4) is 0 Å². The molecule has 0 aliphatic carbocycles. The zero-order valence-electron chi connectivity index (χ0n) is 20.3. The van der Waals surface area contributed by atoms with Gasteiger partial charge in [0.25, 0.3) is 5.91 Å². The minimum absolute atomic E-state index is 0.00691. The van der Waals surface area contributed by atoms with Gasteiger partial charge in [0.05, 0.1) is 5.35 Å². The van der Waals surface area contributed by atoms with Gasteiger partial charge in [-0.3, -0.25) is 9.69 Å². The number of carbonyl (C=O) groups excluding carboxylic acids is 1. The number of fused-ring (bicyclic) bond motifs is 2. The molecule has 2 aliphatic heterocycles. The Balaban J connectivity index is 1.79. The summed E-state index contributed by atoms with van der Waals surface area (Å²) in [6.45, 7) is 10.0. The molecule has 1 saturated heterocycles. The van der Waals surface area contributed by atoms with Gasteiger partial charge < -0.3 is 9.47 Å². The van der Waals surface area contributed by atoms with Crippen LogP contribution in [-0.2, 0) is 16.8 Å².